The van der Waals surface area contributed by atoms with Gasteiger partial charge in [0.05, 0.1) is 31.8 Å². The van der Waals surface area contributed by atoms with Gasteiger partial charge in [0, 0.05) is 12.5 Å². The van der Waals surface area contributed by atoms with Crippen molar-refractivity contribution in [1.82, 2.24) is 19.6 Å². The topological polar surface area (TPSA) is 67.4 Å². The van der Waals surface area contributed by atoms with Crippen molar-refractivity contribution < 1.29 is 9.53 Å². The Hall–Kier alpha value is -1.05. The Kier molecular flexibility index (Phi) is 3.28. The number of hydrogen-bond acceptors (Lipinski definition) is 6. The molecule has 2 saturated heterocycles. The first-order valence-corrected chi connectivity index (χ1v) is 7.28. The molecule has 0 radical (unpaired) electrons. The minimum atomic E-state index is -0.0302. The summed E-state index contributed by atoms with van der Waals surface area (Å²) in [5, 5.41) is 3.90. The molecular weight excluding hydrogens is 264 g/mol. The number of carbonyl (C=O) groups is 1. The predicted octanol–water partition coefficient (Wildman–Crippen LogP) is 0.362. The normalized spacial score (nSPS) is 22.6. The molecule has 0 aliphatic carbocycles. The Morgan fingerprint density at radius 2 is 2.32 bits per heavy atom. The minimum absolute atomic E-state index is 0.0302. The summed E-state index contributed by atoms with van der Waals surface area (Å²) in [6.07, 6.45) is 0. The number of hydrogen-bond donors (Lipinski definition) is 1. The summed E-state index contributed by atoms with van der Waals surface area (Å²) < 4.78 is 9.70. The van der Waals surface area contributed by atoms with Gasteiger partial charge in [-0.1, -0.05) is 13.8 Å². The second-order valence-electron chi connectivity index (χ2n) is 5.55. The number of ether oxygens (including phenoxy) is 1. The van der Waals surface area contributed by atoms with Gasteiger partial charge < -0.3 is 10.1 Å². The lowest BCUT2D eigenvalue weighted by Gasteiger charge is -2.51. The minimum Gasteiger partial charge on any atom is -0.377 e. The number of piperazine rings is 1. The molecule has 0 aromatic carbocycles. The molecule has 0 atom stereocenters. The Labute approximate surface area is 116 Å². The smallest absolute Gasteiger partial charge is 0.234 e. The molecule has 1 spiro atoms. The van der Waals surface area contributed by atoms with E-state index >= 15 is 0 Å². The van der Waals surface area contributed by atoms with Gasteiger partial charge >= 0.3 is 0 Å². The van der Waals surface area contributed by atoms with Crippen LogP contribution in [0.2, 0.25) is 0 Å². The average Bonchev–Trinajstić information content (AvgIpc) is 2.76. The van der Waals surface area contributed by atoms with Crippen molar-refractivity contribution in [2.24, 2.45) is 0 Å². The summed E-state index contributed by atoms with van der Waals surface area (Å²) in [5.74, 6) is 1.31. The third-order valence-corrected chi connectivity index (χ3v) is 4.40. The molecule has 0 saturated carbocycles. The Bertz CT molecular complexity index is 484. The van der Waals surface area contributed by atoms with Crippen LogP contribution in [0.25, 0.3) is 0 Å². The Morgan fingerprint density at radius 3 is 2.89 bits per heavy atom. The van der Waals surface area contributed by atoms with Crippen LogP contribution in [-0.2, 0) is 16.1 Å². The van der Waals surface area contributed by atoms with Crippen molar-refractivity contribution in [1.29, 1.82) is 0 Å². The second kappa shape index (κ2) is 4.81. The predicted molar refractivity (Wildman–Crippen MR) is 71.0 cm³/mol. The Morgan fingerprint density at radius 1 is 1.53 bits per heavy atom. The van der Waals surface area contributed by atoms with E-state index in [-0.39, 0.29) is 11.4 Å². The van der Waals surface area contributed by atoms with E-state index in [0.717, 1.165) is 10.8 Å². The maximum absolute atomic E-state index is 11.6. The third kappa shape index (κ3) is 2.37. The Balaban J connectivity index is 1.74. The van der Waals surface area contributed by atoms with Crippen LogP contribution in [0.3, 0.4) is 0 Å². The number of nitrogens with one attached hydrogen (secondary N) is 1. The van der Waals surface area contributed by atoms with Gasteiger partial charge in [-0.05, 0) is 11.5 Å². The zero-order valence-electron chi connectivity index (χ0n) is 11.2. The molecule has 0 unspecified atom stereocenters. The fourth-order valence-electron chi connectivity index (χ4n) is 2.35. The highest BCUT2D eigenvalue weighted by Crippen LogP contribution is 2.29. The van der Waals surface area contributed by atoms with Gasteiger partial charge in [0.2, 0.25) is 5.91 Å². The SMILES string of the molecule is CC(C)c1nsc(CN2CC(=O)NCC23COC3)n1. The summed E-state index contributed by atoms with van der Waals surface area (Å²) in [5.41, 5.74) is -0.0302. The summed E-state index contributed by atoms with van der Waals surface area (Å²) in [6.45, 7) is 7.30. The summed E-state index contributed by atoms with van der Waals surface area (Å²) >= 11 is 1.43. The van der Waals surface area contributed by atoms with Gasteiger partial charge in [0.1, 0.15) is 10.8 Å². The molecule has 2 fully saturated rings. The fraction of sp³-hybridized carbons (Fsp3) is 0.750. The van der Waals surface area contributed by atoms with E-state index in [1.165, 1.54) is 11.5 Å². The van der Waals surface area contributed by atoms with Gasteiger partial charge in [-0.3, -0.25) is 9.69 Å². The first kappa shape index (κ1) is 13.0. The van der Waals surface area contributed by atoms with Crippen molar-refractivity contribution >= 4 is 17.4 Å². The molecule has 6 nitrogen and oxygen atoms in total. The van der Waals surface area contributed by atoms with Crippen molar-refractivity contribution in [3.63, 3.8) is 0 Å². The first-order chi connectivity index (χ1) is 9.09. The van der Waals surface area contributed by atoms with Crippen LogP contribution in [0, 0.1) is 0 Å². The van der Waals surface area contributed by atoms with E-state index < -0.39 is 0 Å². The molecule has 1 aromatic heterocycles. The van der Waals surface area contributed by atoms with Crippen LogP contribution in [0.4, 0.5) is 0 Å². The van der Waals surface area contributed by atoms with Crippen molar-refractivity contribution in [2.75, 3.05) is 26.3 Å². The van der Waals surface area contributed by atoms with E-state index in [4.69, 9.17) is 4.74 Å². The number of carbonyl (C=O) groups excluding carboxylic acids is 1. The van der Waals surface area contributed by atoms with Gasteiger partial charge in [0.25, 0.3) is 0 Å². The first-order valence-electron chi connectivity index (χ1n) is 6.51. The van der Waals surface area contributed by atoms with E-state index in [2.05, 4.69) is 33.4 Å². The van der Waals surface area contributed by atoms with Crippen LogP contribution in [0.15, 0.2) is 0 Å². The zero-order chi connectivity index (χ0) is 13.5. The van der Waals surface area contributed by atoms with Gasteiger partial charge in [-0.2, -0.15) is 4.37 Å². The van der Waals surface area contributed by atoms with Crippen LogP contribution in [0.5, 0.6) is 0 Å². The van der Waals surface area contributed by atoms with Gasteiger partial charge in [-0.25, -0.2) is 4.98 Å². The molecule has 104 valence electrons. The highest BCUT2D eigenvalue weighted by molar-refractivity contribution is 7.05. The monoisotopic (exact) mass is 282 g/mol. The molecular formula is C12H18N4O2S. The maximum atomic E-state index is 11.6. The van der Waals surface area contributed by atoms with Crippen LogP contribution in [-0.4, -0.2) is 52.0 Å². The number of aromatic nitrogens is 2. The fourth-order valence-corrected chi connectivity index (χ4v) is 3.15. The van der Waals surface area contributed by atoms with E-state index in [9.17, 15) is 4.79 Å². The van der Waals surface area contributed by atoms with Crippen LogP contribution >= 0.6 is 11.5 Å². The quantitative estimate of drug-likeness (QED) is 0.867. The highest BCUT2D eigenvalue weighted by Gasteiger charge is 2.47. The van der Waals surface area contributed by atoms with Crippen LogP contribution < -0.4 is 5.32 Å². The lowest BCUT2D eigenvalue weighted by molar-refractivity contribution is -0.164. The maximum Gasteiger partial charge on any atom is 0.234 e. The lowest BCUT2D eigenvalue weighted by Crippen LogP contribution is -2.71. The van der Waals surface area contributed by atoms with E-state index in [1.807, 2.05) is 0 Å². The van der Waals surface area contributed by atoms with E-state index in [0.29, 0.717) is 38.8 Å². The van der Waals surface area contributed by atoms with Gasteiger partial charge in [0.15, 0.2) is 0 Å². The van der Waals surface area contributed by atoms with Crippen molar-refractivity contribution in [2.45, 2.75) is 31.8 Å². The molecule has 3 heterocycles. The molecule has 2 aliphatic heterocycles. The lowest BCUT2D eigenvalue weighted by atomic mass is 9.92. The summed E-state index contributed by atoms with van der Waals surface area (Å²) in [4.78, 5) is 18.3. The molecule has 1 aromatic rings. The van der Waals surface area contributed by atoms with Crippen molar-refractivity contribution in [3.05, 3.63) is 10.8 Å². The van der Waals surface area contributed by atoms with Gasteiger partial charge in [-0.15, -0.1) is 0 Å². The van der Waals surface area contributed by atoms with E-state index in [1.54, 1.807) is 0 Å². The number of nitrogens with zero attached hydrogens (tertiary/aromatic N) is 3. The summed E-state index contributed by atoms with van der Waals surface area (Å²) in [7, 11) is 0. The average molecular weight is 282 g/mol. The molecule has 1 N–H and O–H groups in total. The van der Waals surface area contributed by atoms with Crippen molar-refractivity contribution in [3.8, 4) is 0 Å². The molecule has 19 heavy (non-hydrogen) atoms. The molecule has 1 amide bonds. The molecule has 3 rings (SSSR count). The second-order valence-corrected chi connectivity index (χ2v) is 6.39. The third-order valence-electron chi connectivity index (χ3n) is 3.69. The number of rotatable bonds is 3. The molecule has 0 bridgehead atoms. The summed E-state index contributed by atoms with van der Waals surface area (Å²) in [6, 6.07) is 0. The molecule has 2 aliphatic rings. The standard InChI is InChI=1S/C12H18N4O2S/c1-8(2)11-14-10(19-15-11)4-16-3-9(17)13-5-12(16)6-18-7-12/h8H,3-7H2,1-2H3,(H,13,17). The number of amides is 1. The van der Waals surface area contributed by atoms with Crippen LogP contribution in [0.1, 0.15) is 30.6 Å². The molecule has 7 heteroatoms. The largest absolute Gasteiger partial charge is 0.377 e. The zero-order valence-corrected chi connectivity index (χ0v) is 12.0. The highest BCUT2D eigenvalue weighted by atomic mass is 32.1.